The molecule has 21 heavy (non-hydrogen) atoms. The zero-order valence-corrected chi connectivity index (χ0v) is 12.2. The molecule has 1 rings (SSSR count). The maximum absolute atomic E-state index is 11.5. The van der Waals surface area contributed by atoms with Crippen LogP contribution in [0.3, 0.4) is 0 Å². The highest BCUT2D eigenvalue weighted by Crippen LogP contribution is 2.01. The molecular weight excluding hydrogens is 272 g/mol. The molecule has 0 spiro atoms. The fourth-order valence-electron chi connectivity index (χ4n) is 1.76. The number of rotatable bonds is 9. The van der Waals surface area contributed by atoms with E-state index in [0.717, 1.165) is 18.4 Å². The topological polar surface area (TPSA) is 90.7 Å². The van der Waals surface area contributed by atoms with Crippen LogP contribution in [0.4, 0.5) is 0 Å². The molecule has 0 aromatic heterocycles. The summed E-state index contributed by atoms with van der Waals surface area (Å²) in [5, 5.41) is 0. The smallest absolute Gasteiger partial charge is 0.329 e. The number of methoxy groups -OCH3 is 1. The minimum absolute atomic E-state index is 0.237. The van der Waals surface area contributed by atoms with E-state index < -0.39 is 12.0 Å². The first kappa shape index (κ1) is 17.1. The average Bonchev–Trinajstić information content (AvgIpc) is 2.50. The minimum atomic E-state index is -0.587. The SMILES string of the molecule is COC(=O)C(N)CCCCNOC(=O)Cc1ccccc1. The molecule has 0 saturated carbocycles. The van der Waals surface area contributed by atoms with E-state index in [0.29, 0.717) is 13.0 Å². The first-order valence-electron chi connectivity index (χ1n) is 6.93. The third kappa shape index (κ3) is 7.43. The third-order valence-electron chi connectivity index (χ3n) is 2.93. The number of nitrogens with one attached hydrogen (secondary N) is 1. The van der Waals surface area contributed by atoms with Crippen LogP contribution in [-0.2, 0) is 25.6 Å². The van der Waals surface area contributed by atoms with Gasteiger partial charge in [-0.3, -0.25) is 9.59 Å². The maximum atomic E-state index is 11.5. The fraction of sp³-hybridized carbons (Fsp3) is 0.467. The van der Waals surface area contributed by atoms with E-state index in [1.165, 1.54) is 7.11 Å². The molecule has 6 heteroatoms. The van der Waals surface area contributed by atoms with Gasteiger partial charge in [0.05, 0.1) is 13.5 Å². The van der Waals surface area contributed by atoms with E-state index in [2.05, 4.69) is 10.2 Å². The van der Waals surface area contributed by atoms with E-state index >= 15 is 0 Å². The second kappa shape index (κ2) is 9.90. The lowest BCUT2D eigenvalue weighted by atomic mass is 10.1. The molecule has 1 aromatic carbocycles. The predicted octanol–water partition coefficient (Wildman–Crippen LogP) is 0.948. The second-order valence-corrected chi connectivity index (χ2v) is 4.66. The Balaban J connectivity index is 2.04. The summed E-state index contributed by atoms with van der Waals surface area (Å²) in [5.74, 6) is -0.732. The molecule has 0 aliphatic carbocycles. The van der Waals surface area contributed by atoms with E-state index in [1.54, 1.807) is 0 Å². The lowest BCUT2D eigenvalue weighted by Gasteiger charge is -2.09. The van der Waals surface area contributed by atoms with Crippen LogP contribution in [0.25, 0.3) is 0 Å². The minimum Gasteiger partial charge on any atom is -0.468 e. The Hall–Kier alpha value is -1.92. The highest BCUT2D eigenvalue weighted by Gasteiger charge is 2.12. The number of esters is 1. The number of hydrogen-bond acceptors (Lipinski definition) is 6. The highest BCUT2D eigenvalue weighted by atomic mass is 16.7. The number of carbonyl (C=O) groups excluding carboxylic acids is 2. The van der Waals surface area contributed by atoms with Gasteiger partial charge in [0.15, 0.2) is 0 Å². The standard InChI is InChI=1S/C15H22N2O4/c1-20-15(19)13(16)9-5-6-10-17-21-14(18)11-12-7-3-2-4-8-12/h2-4,7-8,13,17H,5-6,9-11,16H2,1H3. The van der Waals surface area contributed by atoms with Crippen LogP contribution in [0, 0.1) is 0 Å². The highest BCUT2D eigenvalue weighted by molar-refractivity contribution is 5.75. The van der Waals surface area contributed by atoms with Gasteiger partial charge < -0.3 is 15.3 Å². The van der Waals surface area contributed by atoms with Gasteiger partial charge in [0.25, 0.3) is 0 Å². The van der Waals surface area contributed by atoms with Crippen molar-refractivity contribution in [1.29, 1.82) is 0 Å². The molecule has 0 radical (unpaired) electrons. The number of nitrogens with two attached hydrogens (primary N) is 1. The Morgan fingerprint density at radius 1 is 1.24 bits per heavy atom. The van der Waals surface area contributed by atoms with Gasteiger partial charge in [-0.05, 0) is 24.8 Å². The zero-order valence-electron chi connectivity index (χ0n) is 12.2. The van der Waals surface area contributed by atoms with Crippen molar-refractivity contribution >= 4 is 11.9 Å². The Kier molecular flexibility index (Phi) is 8.08. The second-order valence-electron chi connectivity index (χ2n) is 4.66. The van der Waals surface area contributed by atoms with Crippen LogP contribution in [0.5, 0.6) is 0 Å². The molecule has 0 bridgehead atoms. The van der Waals surface area contributed by atoms with Gasteiger partial charge >= 0.3 is 11.9 Å². The number of benzene rings is 1. The van der Waals surface area contributed by atoms with Crippen LogP contribution in [0.1, 0.15) is 24.8 Å². The zero-order chi connectivity index (χ0) is 15.5. The van der Waals surface area contributed by atoms with Crippen molar-refractivity contribution in [2.75, 3.05) is 13.7 Å². The summed E-state index contributed by atoms with van der Waals surface area (Å²) in [4.78, 5) is 27.5. The molecule has 3 N–H and O–H groups in total. The molecule has 0 fully saturated rings. The maximum Gasteiger partial charge on any atom is 0.329 e. The summed E-state index contributed by atoms with van der Waals surface area (Å²) in [6.07, 6.45) is 2.29. The van der Waals surface area contributed by atoms with Gasteiger partial charge in [0.1, 0.15) is 6.04 Å². The molecule has 1 unspecified atom stereocenters. The van der Waals surface area contributed by atoms with Crippen molar-refractivity contribution in [3.8, 4) is 0 Å². The van der Waals surface area contributed by atoms with Crippen molar-refractivity contribution in [3.05, 3.63) is 35.9 Å². The molecule has 116 valence electrons. The van der Waals surface area contributed by atoms with Crippen LogP contribution in [0.2, 0.25) is 0 Å². The summed E-state index contributed by atoms with van der Waals surface area (Å²) < 4.78 is 4.53. The van der Waals surface area contributed by atoms with E-state index in [-0.39, 0.29) is 12.4 Å². The first-order chi connectivity index (χ1) is 10.1. The van der Waals surface area contributed by atoms with Crippen molar-refractivity contribution < 1.29 is 19.2 Å². The molecule has 0 heterocycles. The normalized spacial score (nSPS) is 11.7. The molecule has 6 nitrogen and oxygen atoms in total. The Bertz CT molecular complexity index is 437. The van der Waals surface area contributed by atoms with Gasteiger partial charge in [-0.15, -0.1) is 0 Å². The predicted molar refractivity (Wildman–Crippen MR) is 78.1 cm³/mol. The molecular formula is C15H22N2O4. The van der Waals surface area contributed by atoms with Gasteiger partial charge in [-0.1, -0.05) is 30.3 Å². The molecule has 0 saturated heterocycles. The summed E-state index contributed by atoms with van der Waals surface area (Å²) in [6.45, 7) is 0.522. The van der Waals surface area contributed by atoms with Crippen molar-refractivity contribution in [1.82, 2.24) is 5.48 Å². The molecule has 0 aliphatic rings. The monoisotopic (exact) mass is 294 g/mol. The summed E-state index contributed by atoms with van der Waals surface area (Å²) >= 11 is 0. The summed E-state index contributed by atoms with van der Waals surface area (Å²) in [6, 6.07) is 8.80. The van der Waals surface area contributed by atoms with Crippen molar-refractivity contribution in [3.63, 3.8) is 0 Å². The van der Waals surface area contributed by atoms with Gasteiger partial charge in [-0.2, -0.15) is 5.48 Å². The quantitative estimate of drug-likeness (QED) is 0.400. The van der Waals surface area contributed by atoms with Crippen LogP contribution >= 0.6 is 0 Å². The third-order valence-corrected chi connectivity index (χ3v) is 2.93. The Morgan fingerprint density at radius 3 is 2.62 bits per heavy atom. The fourth-order valence-corrected chi connectivity index (χ4v) is 1.76. The van der Waals surface area contributed by atoms with Gasteiger partial charge in [-0.25, -0.2) is 0 Å². The summed E-state index contributed by atoms with van der Waals surface area (Å²) in [5.41, 5.74) is 9.12. The average molecular weight is 294 g/mol. The van der Waals surface area contributed by atoms with E-state index in [1.807, 2.05) is 30.3 Å². The summed E-state index contributed by atoms with van der Waals surface area (Å²) in [7, 11) is 1.32. The molecule has 1 atom stereocenters. The molecule has 1 aromatic rings. The van der Waals surface area contributed by atoms with Gasteiger partial charge in [0.2, 0.25) is 0 Å². The van der Waals surface area contributed by atoms with E-state index in [4.69, 9.17) is 10.6 Å². The van der Waals surface area contributed by atoms with Crippen molar-refractivity contribution in [2.24, 2.45) is 5.73 Å². The largest absolute Gasteiger partial charge is 0.468 e. The number of hydroxylamine groups is 1. The van der Waals surface area contributed by atoms with E-state index in [9.17, 15) is 9.59 Å². The van der Waals surface area contributed by atoms with Crippen LogP contribution < -0.4 is 11.2 Å². The number of ether oxygens (including phenoxy) is 1. The molecule has 0 amide bonds. The lowest BCUT2D eigenvalue weighted by Crippen LogP contribution is -2.31. The number of unbranched alkanes of at least 4 members (excludes halogenated alkanes) is 1. The Labute approximate surface area is 124 Å². The number of hydrogen-bond donors (Lipinski definition) is 2. The lowest BCUT2D eigenvalue weighted by molar-refractivity contribution is -0.150. The van der Waals surface area contributed by atoms with Crippen LogP contribution in [0.15, 0.2) is 30.3 Å². The number of carbonyl (C=O) groups is 2. The van der Waals surface area contributed by atoms with Crippen molar-refractivity contribution in [2.45, 2.75) is 31.7 Å². The Morgan fingerprint density at radius 2 is 1.95 bits per heavy atom. The molecule has 0 aliphatic heterocycles. The van der Waals surface area contributed by atoms with Crippen LogP contribution in [-0.4, -0.2) is 31.6 Å². The first-order valence-corrected chi connectivity index (χ1v) is 6.93. The van der Waals surface area contributed by atoms with Gasteiger partial charge in [0, 0.05) is 6.54 Å².